The number of likely N-dealkylation sites (tertiary alicyclic amines) is 1. The van der Waals surface area contributed by atoms with Crippen molar-refractivity contribution in [3.8, 4) is 5.75 Å². The molecule has 2 saturated heterocycles. The number of ether oxygens (including phenoxy) is 1. The molecule has 0 bridgehead atoms. The first-order valence-corrected chi connectivity index (χ1v) is 13.2. The molecule has 2 aromatic heterocycles. The van der Waals surface area contributed by atoms with Gasteiger partial charge in [0.2, 0.25) is 5.91 Å². The predicted molar refractivity (Wildman–Crippen MR) is 140 cm³/mol. The lowest BCUT2D eigenvalue weighted by molar-refractivity contribution is -0.139. The zero-order valence-electron chi connectivity index (χ0n) is 19.4. The van der Waals surface area contributed by atoms with Gasteiger partial charge in [-0.1, -0.05) is 30.0 Å². The van der Waals surface area contributed by atoms with Crippen LogP contribution >= 0.6 is 35.3 Å². The summed E-state index contributed by atoms with van der Waals surface area (Å²) in [5.74, 6) is 0.747. The van der Waals surface area contributed by atoms with Gasteiger partial charge in [0.05, 0.1) is 19.9 Å². The fourth-order valence-electron chi connectivity index (χ4n) is 5.94. The number of thiocarbonyl (C=S) groups is 1. The molecule has 0 aliphatic carbocycles. The van der Waals surface area contributed by atoms with Gasteiger partial charge in [0.15, 0.2) is 5.54 Å². The maximum atomic E-state index is 14.6. The number of amides is 2. The Kier molecular flexibility index (Phi) is 5.16. The van der Waals surface area contributed by atoms with E-state index in [1.165, 1.54) is 11.8 Å². The lowest BCUT2D eigenvalue weighted by Gasteiger charge is -2.42. The van der Waals surface area contributed by atoms with E-state index in [-0.39, 0.29) is 24.3 Å². The average Bonchev–Trinajstić information content (AvgIpc) is 3.66. The smallest absolute Gasteiger partial charge is 0.254 e. The first-order valence-electron chi connectivity index (χ1n) is 11.1. The summed E-state index contributed by atoms with van der Waals surface area (Å²) in [5.41, 5.74) is 0.302. The SMILES string of the molecule is COc1ccc2c(c1)[C@@]1(C(=O)N2C)N(C)C[C@@H](c2cccs2)[C@@]12SC(=S)N(Cc1ccco1)C2=O. The summed E-state index contributed by atoms with van der Waals surface area (Å²) in [6.07, 6.45) is 1.58. The molecule has 5 heterocycles. The summed E-state index contributed by atoms with van der Waals surface area (Å²) in [7, 11) is 5.31. The maximum absolute atomic E-state index is 14.6. The van der Waals surface area contributed by atoms with E-state index in [0.717, 1.165) is 16.1 Å². The molecule has 3 aliphatic rings. The molecule has 3 atom stereocenters. The molecular weight excluding hydrogens is 502 g/mol. The van der Waals surface area contributed by atoms with Crippen LogP contribution in [0.5, 0.6) is 5.75 Å². The number of thioether (sulfide) groups is 1. The number of benzene rings is 1. The third-order valence-electron chi connectivity index (χ3n) is 7.44. The van der Waals surface area contributed by atoms with Gasteiger partial charge in [-0.15, -0.1) is 11.3 Å². The van der Waals surface area contributed by atoms with Gasteiger partial charge in [-0.2, -0.15) is 0 Å². The normalized spacial score (nSPS) is 28.2. The van der Waals surface area contributed by atoms with Crippen LogP contribution in [0.3, 0.4) is 0 Å². The summed E-state index contributed by atoms with van der Waals surface area (Å²) in [5, 5.41) is 2.01. The predicted octanol–water partition coefficient (Wildman–Crippen LogP) is 4.05. The molecule has 2 spiro atoms. The van der Waals surface area contributed by atoms with Gasteiger partial charge in [-0.05, 0) is 48.8 Å². The highest BCUT2D eigenvalue weighted by Gasteiger charge is 2.78. The number of carbonyl (C=O) groups is 2. The average molecular weight is 526 g/mol. The van der Waals surface area contributed by atoms with Crippen molar-refractivity contribution < 1.29 is 18.7 Å². The Morgan fingerprint density at radius 2 is 2.00 bits per heavy atom. The molecule has 2 fully saturated rings. The van der Waals surface area contributed by atoms with Crippen molar-refractivity contribution in [3.63, 3.8) is 0 Å². The monoisotopic (exact) mass is 525 g/mol. The summed E-state index contributed by atoms with van der Waals surface area (Å²) < 4.78 is 10.4. The fraction of sp³-hybridized carbons (Fsp3) is 0.320. The van der Waals surface area contributed by atoms with Crippen molar-refractivity contribution in [2.75, 3.05) is 32.6 Å². The van der Waals surface area contributed by atoms with Crippen LogP contribution in [0, 0.1) is 0 Å². The molecule has 0 saturated carbocycles. The van der Waals surface area contributed by atoms with Gasteiger partial charge >= 0.3 is 0 Å². The van der Waals surface area contributed by atoms with Gasteiger partial charge in [-0.3, -0.25) is 19.4 Å². The quantitative estimate of drug-likeness (QED) is 0.476. The zero-order chi connectivity index (χ0) is 24.5. The first-order chi connectivity index (χ1) is 16.9. The number of methoxy groups -OCH3 is 1. The number of anilines is 1. The van der Waals surface area contributed by atoms with Gasteiger partial charge in [0.1, 0.15) is 20.6 Å². The number of fused-ring (bicyclic) bond motifs is 3. The molecule has 0 unspecified atom stereocenters. The number of rotatable bonds is 4. The molecule has 35 heavy (non-hydrogen) atoms. The minimum atomic E-state index is -1.25. The second-order valence-electron chi connectivity index (χ2n) is 8.98. The second kappa shape index (κ2) is 7.92. The number of nitrogens with zero attached hydrogens (tertiary/aromatic N) is 3. The van der Waals surface area contributed by atoms with E-state index in [2.05, 4.69) is 0 Å². The van der Waals surface area contributed by atoms with Crippen LogP contribution in [0.1, 0.15) is 22.1 Å². The minimum absolute atomic E-state index is 0.134. The van der Waals surface area contributed by atoms with Gasteiger partial charge in [-0.25, -0.2) is 0 Å². The number of furan rings is 1. The molecule has 2 amide bonds. The minimum Gasteiger partial charge on any atom is -0.497 e. The van der Waals surface area contributed by atoms with E-state index in [1.54, 1.807) is 47.6 Å². The summed E-state index contributed by atoms with van der Waals surface area (Å²) in [6, 6.07) is 13.3. The van der Waals surface area contributed by atoms with Crippen molar-refractivity contribution in [1.82, 2.24) is 9.80 Å². The highest BCUT2D eigenvalue weighted by molar-refractivity contribution is 8.25. The molecule has 7 nitrogen and oxygen atoms in total. The summed E-state index contributed by atoms with van der Waals surface area (Å²) in [4.78, 5) is 35.4. The van der Waals surface area contributed by atoms with E-state index in [1.807, 2.05) is 53.7 Å². The maximum Gasteiger partial charge on any atom is 0.254 e. The van der Waals surface area contributed by atoms with Crippen LogP contribution in [-0.4, -0.2) is 58.4 Å². The Balaban J connectivity index is 1.61. The largest absolute Gasteiger partial charge is 0.497 e. The Morgan fingerprint density at radius 3 is 2.69 bits per heavy atom. The van der Waals surface area contributed by atoms with Crippen molar-refractivity contribution in [1.29, 1.82) is 0 Å². The fourth-order valence-corrected chi connectivity index (χ4v) is 9.02. The van der Waals surface area contributed by atoms with E-state index in [9.17, 15) is 9.59 Å². The van der Waals surface area contributed by atoms with Crippen LogP contribution < -0.4 is 9.64 Å². The molecule has 3 aromatic rings. The number of carbonyl (C=O) groups excluding carboxylic acids is 2. The third-order valence-corrected chi connectivity index (χ3v) is 10.4. The van der Waals surface area contributed by atoms with Gasteiger partial charge in [0.25, 0.3) is 5.91 Å². The number of hydrogen-bond donors (Lipinski definition) is 0. The zero-order valence-corrected chi connectivity index (χ0v) is 21.8. The number of hydrogen-bond acceptors (Lipinski definition) is 8. The lowest BCUT2D eigenvalue weighted by atomic mass is 9.73. The van der Waals surface area contributed by atoms with Crippen molar-refractivity contribution in [2.45, 2.75) is 22.7 Å². The summed E-state index contributed by atoms with van der Waals surface area (Å²) >= 11 is 8.77. The highest BCUT2D eigenvalue weighted by Crippen LogP contribution is 2.67. The number of likely N-dealkylation sites (N-methyl/N-ethyl adjacent to an activating group) is 2. The van der Waals surface area contributed by atoms with Gasteiger partial charge in [0, 0.05) is 35.6 Å². The van der Waals surface area contributed by atoms with Crippen LogP contribution in [-0.2, 0) is 21.7 Å². The van der Waals surface area contributed by atoms with Crippen LogP contribution in [0.15, 0.2) is 58.5 Å². The molecule has 180 valence electrons. The first kappa shape index (κ1) is 22.8. The van der Waals surface area contributed by atoms with Crippen LogP contribution in [0.2, 0.25) is 0 Å². The molecular formula is C25H23N3O4S3. The third kappa shape index (κ3) is 2.79. The second-order valence-corrected chi connectivity index (χ2v) is 11.8. The van der Waals surface area contributed by atoms with Crippen molar-refractivity contribution in [3.05, 3.63) is 70.3 Å². The van der Waals surface area contributed by atoms with Crippen LogP contribution in [0.4, 0.5) is 5.69 Å². The standard InChI is InChI=1S/C25H23N3O4S3/c1-26-14-18(20-7-5-11-34-20)25(22(30)28(23(33)35-25)13-16-6-4-10-32-16)24(26)17-12-15(31-3)8-9-19(17)27(2)21(24)29/h4-12,18H,13-14H2,1-3H3/t18-,24-,25-/m0/s1. The Hall–Kier alpha value is -2.66. The van der Waals surface area contributed by atoms with Crippen molar-refractivity contribution in [2.24, 2.45) is 0 Å². The Bertz CT molecular complexity index is 1340. The van der Waals surface area contributed by atoms with E-state index in [0.29, 0.717) is 22.4 Å². The van der Waals surface area contributed by atoms with Crippen LogP contribution in [0.25, 0.3) is 0 Å². The molecule has 3 aliphatic heterocycles. The van der Waals surface area contributed by atoms with Crippen molar-refractivity contribution >= 4 is 57.1 Å². The molecule has 0 radical (unpaired) electrons. The highest BCUT2D eigenvalue weighted by atomic mass is 32.2. The Morgan fingerprint density at radius 1 is 1.17 bits per heavy atom. The topological polar surface area (TPSA) is 66.2 Å². The van der Waals surface area contributed by atoms with E-state index < -0.39 is 10.3 Å². The van der Waals surface area contributed by atoms with Gasteiger partial charge < -0.3 is 14.1 Å². The molecule has 6 rings (SSSR count). The number of thiophene rings is 1. The summed E-state index contributed by atoms with van der Waals surface area (Å²) in [6.45, 7) is 0.762. The Labute approximate surface area is 216 Å². The molecule has 0 N–H and O–H groups in total. The molecule has 1 aromatic carbocycles. The van der Waals surface area contributed by atoms with E-state index >= 15 is 0 Å². The lowest BCUT2D eigenvalue weighted by Crippen LogP contribution is -2.62. The van der Waals surface area contributed by atoms with E-state index in [4.69, 9.17) is 21.4 Å². The molecule has 10 heteroatoms.